The fourth-order valence-corrected chi connectivity index (χ4v) is 2.72. The van der Waals surface area contributed by atoms with Gasteiger partial charge in [-0.2, -0.15) is 0 Å². The Balaban J connectivity index is 1.83. The first kappa shape index (κ1) is 19.0. The van der Waals surface area contributed by atoms with Gasteiger partial charge in [0.2, 0.25) is 0 Å². The summed E-state index contributed by atoms with van der Waals surface area (Å²) < 4.78 is 0. The second-order valence-electron chi connectivity index (χ2n) is 5.93. The molecule has 25 heavy (non-hydrogen) atoms. The van der Waals surface area contributed by atoms with Gasteiger partial charge in [0.25, 0.3) is 11.8 Å². The van der Waals surface area contributed by atoms with Gasteiger partial charge in [-0.1, -0.05) is 42.8 Å². The van der Waals surface area contributed by atoms with Crippen LogP contribution in [-0.2, 0) is 16.0 Å². The zero-order valence-electron chi connectivity index (χ0n) is 14.4. The molecule has 5 nitrogen and oxygen atoms in total. The van der Waals surface area contributed by atoms with Crippen LogP contribution in [0, 0.1) is 0 Å². The highest BCUT2D eigenvalue weighted by atomic mass is 35.5. The van der Waals surface area contributed by atoms with E-state index in [-0.39, 0.29) is 24.9 Å². The number of rotatable bonds is 7. The molecule has 0 saturated carbocycles. The van der Waals surface area contributed by atoms with Crippen LogP contribution in [0.15, 0.2) is 48.5 Å². The highest BCUT2D eigenvalue weighted by Gasteiger charge is 2.15. The normalized spacial score (nSPS) is 11.6. The van der Waals surface area contributed by atoms with E-state index in [1.807, 2.05) is 38.2 Å². The molecular formula is C19H23ClN3O2+. The number of hydrogen-bond acceptors (Lipinski definition) is 2. The van der Waals surface area contributed by atoms with Gasteiger partial charge in [-0.3, -0.25) is 9.59 Å². The lowest BCUT2D eigenvalue weighted by Gasteiger charge is -2.15. The molecule has 0 spiro atoms. The minimum Gasteiger partial charge on any atom is -0.322 e. The van der Waals surface area contributed by atoms with Gasteiger partial charge in [-0.05, 0) is 36.2 Å². The van der Waals surface area contributed by atoms with Crippen LogP contribution in [-0.4, -0.2) is 32.0 Å². The zero-order chi connectivity index (χ0) is 18.2. The number of likely N-dealkylation sites (N-methyl/N-ethyl adjacent to an activating group) is 1. The number of benzene rings is 2. The number of anilines is 2. The fourth-order valence-electron chi connectivity index (χ4n) is 2.53. The van der Waals surface area contributed by atoms with Crippen molar-refractivity contribution in [1.82, 2.24) is 0 Å². The molecule has 1 atom stereocenters. The van der Waals surface area contributed by atoms with E-state index < -0.39 is 0 Å². The Hall–Kier alpha value is -2.37. The van der Waals surface area contributed by atoms with Gasteiger partial charge in [0.05, 0.1) is 7.05 Å². The van der Waals surface area contributed by atoms with Crippen LogP contribution >= 0.6 is 11.6 Å². The quantitative estimate of drug-likeness (QED) is 0.707. The first-order chi connectivity index (χ1) is 12.0. The van der Waals surface area contributed by atoms with E-state index in [1.165, 1.54) is 0 Å². The molecule has 0 aliphatic rings. The summed E-state index contributed by atoms with van der Waals surface area (Å²) in [4.78, 5) is 25.1. The molecule has 2 aromatic carbocycles. The Bertz CT molecular complexity index is 749. The molecule has 0 saturated heterocycles. The van der Waals surface area contributed by atoms with Crippen LogP contribution in [0.4, 0.5) is 11.4 Å². The van der Waals surface area contributed by atoms with Crippen molar-refractivity contribution in [2.45, 2.75) is 13.3 Å². The summed E-state index contributed by atoms with van der Waals surface area (Å²) in [5.41, 5.74) is 2.56. The van der Waals surface area contributed by atoms with E-state index in [1.54, 1.807) is 24.3 Å². The first-order valence-electron chi connectivity index (χ1n) is 8.22. The van der Waals surface area contributed by atoms with Gasteiger partial charge < -0.3 is 15.5 Å². The number of amides is 2. The van der Waals surface area contributed by atoms with Crippen molar-refractivity contribution in [3.63, 3.8) is 0 Å². The lowest BCUT2D eigenvalue weighted by atomic mass is 10.1. The number of carbonyl (C=O) groups is 2. The Morgan fingerprint density at radius 1 is 1.00 bits per heavy atom. The summed E-state index contributed by atoms with van der Waals surface area (Å²) >= 11 is 5.90. The topological polar surface area (TPSA) is 62.6 Å². The van der Waals surface area contributed by atoms with Gasteiger partial charge in [0, 0.05) is 16.4 Å². The molecule has 1 unspecified atom stereocenters. The van der Waals surface area contributed by atoms with E-state index in [2.05, 4.69) is 10.6 Å². The predicted molar refractivity (Wildman–Crippen MR) is 101 cm³/mol. The Kier molecular flexibility index (Phi) is 6.98. The maximum absolute atomic E-state index is 12.2. The van der Waals surface area contributed by atoms with E-state index >= 15 is 0 Å². The molecular weight excluding hydrogens is 338 g/mol. The molecule has 0 aliphatic carbocycles. The molecule has 0 aromatic heterocycles. The number of halogens is 1. The van der Waals surface area contributed by atoms with Gasteiger partial charge in [-0.15, -0.1) is 0 Å². The van der Waals surface area contributed by atoms with Crippen LogP contribution in [0.25, 0.3) is 0 Å². The van der Waals surface area contributed by atoms with Crippen molar-refractivity contribution in [2.24, 2.45) is 0 Å². The third kappa shape index (κ3) is 6.21. The number of nitrogens with one attached hydrogen (secondary N) is 3. The summed E-state index contributed by atoms with van der Waals surface area (Å²) in [5.74, 6) is -0.282. The summed E-state index contributed by atoms with van der Waals surface area (Å²) in [7, 11) is 1.81. The summed E-state index contributed by atoms with van der Waals surface area (Å²) in [5, 5.41) is 6.26. The van der Waals surface area contributed by atoms with Crippen LogP contribution in [0.3, 0.4) is 0 Å². The first-order valence-corrected chi connectivity index (χ1v) is 8.60. The minimum atomic E-state index is -0.165. The number of para-hydroxylation sites is 1. The monoisotopic (exact) mass is 360 g/mol. The smallest absolute Gasteiger partial charge is 0.279 e. The van der Waals surface area contributed by atoms with E-state index in [0.29, 0.717) is 10.7 Å². The van der Waals surface area contributed by atoms with E-state index in [4.69, 9.17) is 11.6 Å². The highest BCUT2D eigenvalue weighted by molar-refractivity contribution is 6.30. The van der Waals surface area contributed by atoms with Crippen molar-refractivity contribution in [3.05, 3.63) is 59.1 Å². The standard InChI is InChI=1S/C19H22ClN3O2/c1-3-14-7-4-5-10-17(14)22-19(25)13-23(2)12-18(24)21-16-9-6-8-15(20)11-16/h4-11H,3,12-13H2,1-2H3,(H,21,24)(H,22,25)/p+1. The van der Waals surface area contributed by atoms with Crippen LogP contribution < -0.4 is 15.5 Å². The second kappa shape index (κ2) is 9.20. The van der Waals surface area contributed by atoms with Gasteiger partial charge in [-0.25, -0.2) is 0 Å². The molecule has 0 heterocycles. The Morgan fingerprint density at radius 2 is 1.68 bits per heavy atom. The van der Waals surface area contributed by atoms with Crippen LogP contribution in [0.2, 0.25) is 5.02 Å². The van der Waals surface area contributed by atoms with Crippen molar-refractivity contribution >= 4 is 34.8 Å². The average Bonchev–Trinajstić information content (AvgIpc) is 2.54. The molecule has 132 valence electrons. The molecule has 0 aliphatic heterocycles. The molecule has 6 heteroatoms. The van der Waals surface area contributed by atoms with Crippen molar-refractivity contribution in [3.8, 4) is 0 Å². The maximum Gasteiger partial charge on any atom is 0.279 e. The number of quaternary nitrogens is 1. The second-order valence-corrected chi connectivity index (χ2v) is 6.36. The van der Waals surface area contributed by atoms with E-state index in [9.17, 15) is 9.59 Å². The predicted octanol–water partition coefficient (Wildman–Crippen LogP) is 1.99. The van der Waals surface area contributed by atoms with Crippen LogP contribution in [0.5, 0.6) is 0 Å². The SMILES string of the molecule is CCc1ccccc1NC(=O)C[NH+](C)CC(=O)Nc1cccc(Cl)c1. The number of carbonyl (C=O) groups excluding carboxylic acids is 2. The Labute approximate surface area is 153 Å². The number of hydrogen-bond donors (Lipinski definition) is 3. The third-order valence-electron chi connectivity index (χ3n) is 3.71. The highest BCUT2D eigenvalue weighted by Crippen LogP contribution is 2.15. The molecule has 2 aromatic rings. The summed E-state index contributed by atoms with van der Waals surface area (Å²) in [6.07, 6.45) is 0.848. The van der Waals surface area contributed by atoms with Crippen LogP contribution in [0.1, 0.15) is 12.5 Å². The molecule has 2 rings (SSSR count). The summed E-state index contributed by atoms with van der Waals surface area (Å²) in [6.45, 7) is 2.44. The lowest BCUT2D eigenvalue weighted by molar-refractivity contribution is -0.862. The fraction of sp³-hybridized carbons (Fsp3) is 0.263. The maximum atomic E-state index is 12.2. The molecule has 3 N–H and O–H groups in total. The van der Waals surface area contributed by atoms with Crippen molar-refractivity contribution in [2.75, 3.05) is 30.8 Å². The molecule has 0 fully saturated rings. The average molecular weight is 361 g/mol. The van der Waals surface area contributed by atoms with E-state index in [0.717, 1.165) is 22.6 Å². The van der Waals surface area contributed by atoms with Gasteiger partial charge >= 0.3 is 0 Å². The van der Waals surface area contributed by atoms with Gasteiger partial charge in [0.1, 0.15) is 0 Å². The van der Waals surface area contributed by atoms with Crippen molar-refractivity contribution in [1.29, 1.82) is 0 Å². The minimum absolute atomic E-state index is 0.117. The lowest BCUT2D eigenvalue weighted by Crippen LogP contribution is -3.11. The number of aryl methyl sites for hydroxylation is 1. The van der Waals surface area contributed by atoms with Crippen molar-refractivity contribution < 1.29 is 14.5 Å². The summed E-state index contributed by atoms with van der Waals surface area (Å²) in [6, 6.07) is 14.7. The van der Waals surface area contributed by atoms with Gasteiger partial charge in [0.15, 0.2) is 13.1 Å². The zero-order valence-corrected chi connectivity index (χ0v) is 15.2. The third-order valence-corrected chi connectivity index (χ3v) is 3.94. The Morgan fingerprint density at radius 3 is 2.36 bits per heavy atom. The molecule has 2 amide bonds. The molecule has 0 bridgehead atoms. The molecule has 0 radical (unpaired) electrons. The largest absolute Gasteiger partial charge is 0.322 e.